The van der Waals surface area contributed by atoms with Crippen LogP contribution >= 0.6 is 11.3 Å². The second kappa shape index (κ2) is 9.28. The number of nitrogens with one attached hydrogen (secondary N) is 1. The molecular formula is C23H25N3O3S. The summed E-state index contributed by atoms with van der Waals surface area (Å²) in [5.41, 5.74) is 2.54. The molecule has 1 atom stereocenters. The number of aromatic nitrogens is 1. The van der Waals surface area contributed by atoms with Gasteiger partial charge < -0.3 is 14.8 Å². The van der Waals surface area contributed by atoms with Gasteiger partial charge in [0.1, 0.15) is 10.7 Å². The van der Waals surface area contributed by atoms with Gasteiger partial charge in [0.25, 0.3) is 5.91 Å². The molecule has 7 heteroatoms. The Labute approximate surface area is 180 Å². The van der Waals surface area contributed by atoms with Crippen molar-refractivity contribution in [2.24, 2.45) is 0 Å². The number of hydrogen-bond donors (Lipinski definition) is 1. The molecule has 1 N–H and O–H groups in total. The first-order valence-electron chi connectivity index (χ1n) is 9.92. The molecule has 30 heavy (non-hydrogen) atoms. The summed E-state index contributed by atoms with van der Waals surface area (Å²) in [5, 5.41) is 5.66. The van der Waals surface area contributed by atoms with Crippen LogP contribution in [0.2, 0.25) is 0 Å². The zero-order chi connectivity index (χ0) is 20.9. The van der Waals surface area contributed by atoms with Gasteiger partial charge in [-0.25, -0.2) is 4.98 Å². The molecule has 1 saturated heterocycles. The van der Waals surface area contributed by atoms with E-state index in [4.69, 9.17) is 9.47 Å². The molecule has 2 aromatic carbocycles. The number of carbonyl (C=O) groups is 1. The molecule has 1 amide bonds. The topological polar surface area (TPSA) is 63.7 Å². The van der Waals surface area contributed by atoms with Gasteiger partial charge in [0.2, 0.25) is 0 Å². The molecule has 0 saturated carbocycles. The van der Waals surface area contributed by atoms with Crippen molar-refractivity contribution in [3.63, 3.8) is 0 Å². The molecule has 0 aliphatic carbocycles. The van der Waals surface area contributed by atoms with Crippen LogP contribution in [0.1, 0.15) is 22.5 Å². The number of amides is 1. The summed E-state index contributed by atoms with van der Waals surface area (Å²) in [6.07, 6.45) is 0.944. The molecule has 6 nitrogen and oxygen atoms in total. The third-order valence-corrected chi connectivity index (χ3v) is 6.10. The van der Waals surface area contributed by atoms with E-state index in [1.807, 2.05) is 24.3 Å². The van der Waals surface area contributed by atoms with Crippen LogP contribution in [0.5, 0.6) is 11.5 Å². The Hall–Kier alpha value is -2.90. The fourth-order valence-electron chi connectivity index (χ4n) is 3.75. The normalized spacial score (nSPS) is 16.4. The molecule has 0 radical (unpaired) electrons. The van der Waals surface area contributed by atoms with Crippen molar-refractivity contribution in [1.82, 2.24) is 15.2 Å². The highest BCUT2D eigenvalue weighted by molar-refractivity contribution is 7.13. The summed E-state index contributed by atoms with van der Waals surface area (Å²) in [4.78, 5) is 19.7. The maximum atomic E-state index is 12.7. The predicted molar refractivity (Wildman–Crippen MR) is 118 cm³/mol. The van der Waals surface area contributed by atoms with Crippen molar-refractivity contribution in [2.45, 2.75) is 19.0 Å². The van der Waals surface area contributed by atoms with Crippen LogP contribution in [0.4, 0.5) is 0 Å². The number of methoxy groups -OCH3 is 2. The van der Waals surface area contributed by atoms with E-state index >= 15 is 0 Å². The Morgan fingerprint density at radius 3 is 2.77 bits per heavy atom. The van der Waals surface area contributed by atoms with Crippen LogP contribution in [-0.4, -0.2) is 49.1 Å². The van der Waals surface area contributed by atoms with Crippen molar-refractivity contribution in [2.75, 3.05) is 27.3 Å². The van der Waals surface area contributed by atoms with Crippen LogP contribution < -0.4 is 14.8 Å². The number of benzene rings is 2. The molecule has 1 aliphatic heterocycles. The summed E-state index contributed by atoms with van der Waals surface area (Å²) >= 11 is 1.42. The van der Waals surface area contributed by atoms with Gasteiger partial charge in [-0.3, -0.25) is 9.69 Å². The number of rotatable bonds is 7. The minimum absolute atomic E-state index is 0.133. The number of nitrogens with zero attached hydrogens (tertiary/aromatic N) is 2. The van der Waals surface area contributed by atoms with E-state index in [1.54, 1.807) is 19.6 Å². The molecule has 0 spiro atoms. The van der Waals surface area contributed by atoms with Gasteiger partial charge in [-0.05, 0) is 24.1 Å². The number of ether oxygens (including phenoxy) is 2. The van der Waals surface area contributed by atoms with Gasteiger partial charge in [-0.15, -0.1) is 11.3 Å². The molecule has 0 unspecified atom stereocenters. The van der Waals surface area contributed by atoms with Gasteiger partial charge in [-0.2, -0.15) is 0 Å². The molecular weight excluding hydrogens is 398 g/mol. The van der Waals surface area contributed by atoms with Crippen LogP contribution in [0.15, 0.2) is 53.9 Å². The molecule has 1 fully saturated rings. The van der Waals surface area contributed by atoms with Crippen molar-refractivity contribution in [3.05, 3.63) is 65.2 Å². The lowest BCUT2D eigenvalue weighted by Gasteiger charge is -2.16. The lowest BCUT2D eigenvalue weighted by atomic mass is 10.2. The smallest absolute Gasteiger partial charge is 0.271 e. The molecule has 1 aromatic heterocycles. The molecule has 1 aliphatic rings. The molecule has 2 heterocycles. The standard InChI is InChI=1S/C23H25N3O3S/c1-28-20-10-6-9-18(21(20)29-2)23-25-19(15-30-23)22(27)24-17-11-12-26(14-17)13-16-7-4-3-5-8-16/h3-10,15,17H,11-14H2,1-2H3,(H,24,27)/t17-/m0/s1. The second-order valence-electron chi connectivity index (χ2n) is 7.26. The van der Waals surface area contributed by atoms with E-state index in [2.05, 4.69) is 39.5 Å². The van der Waals surface area contributed by atoms with Crippen molar-refractivity contribution in [3.8, 4) is 22.1 Å². The van der Waals surface area contributed by atoms with Crippen LogP contribution in [-0.2, 0) is 6.54 Å². The number of likely N-dealkylation sites (tertiary alicyclic amines) is 1. The first kappa shape index (κ1) is 20.4. The zero-order valence-corrected chi connectivity index (χ0v) is 17.9. The largest absolute Gasteiger partial charge is 0.493 e. The van der Waals surface area contributed by atoms with Gasteiger partial charge in [0.15, 0.2) is 11.5 Å². The number of carbonyl (C=O) groups excluding carboxylic acids is 1. The van der Waals surface area contributed by atoms with Gasteiger partial charge in [0, 0.05) is 31.1 Å². The molecule has 3 aromatic rings. The highest BCUT2D eigenvalue weighted by atomic mass is 32.1. The quantitative estimate of drug-likeness (QED) is 0.626. The highest BCUT2D eigenvalue weighted by Gasteiger charge is 2.25. The third-order valence-electron chi connectivity index (χ3n) is 5.23. The number of para-hydroxylation sites is 1. The minimum Gasteiger partial charge on any atom is -0.493 e. The number of thiazole rings is 1. The summed E-state index contributed by atoms with van der Waals surface area (Å²) < 4.78 is 10.9. The summed E-state index contributed by atoms with van der Waals surface area (Å²) in [5.74, 6) is 1.13. The molecule has 156 valence electrons. The van der Waals surface area contributed by atoms with E-state index in [9.17, 15) is 4.79 Å². The van der Waals surface area contributed by atoms with Gasteiger partial charge >= 0.3 is 0 Å². The Kier molecular flexibility index (Phi) is 6.30. The van der Waals surface area contributed by atoms with Crippen LogP contribution in [0, 0.1) is 0 Å². The van der Waals surface area contributed by atoms with E-state index in [-0.39, 0.29) is 11.9 Å². The van der Waals surface area contributed by atoms with Crippen molar-refractivity contribution >= 4 is 17.2 Å². The maximum Gasteiger partial charge on any atom is 0.271 e. The zero-order valence-electron chi connectivity index (χ0n) is 17.1. The minimum atomic E-state index is -0.133. The van der Waals surface area contributed by atoms with E-state index in [1.165, 1.54) is 16.9 Å². The lowest BCUT2D eigenvalue weighted by Crippen LogP contribution is -2.37. The van der Waals surface area contributed by atoms with Crippen molar-refractivity contribution < 1.29 is 14.3 Å². The monoisotopic (exact) mass is 423 g/mol. The van der Waals surface area contributed by atoms with Gasteiger partial charge in [-0.1, -0.05) is 36.4 Å². The van der Waals surface area contributed by atoms with Crippen molar-refractivity contribution in [1.29, 1.82) is 0 Å². The SMILES string of the molecule is COc1cccc(-c2nc(C(=O)N[C@H]3CCN(Cc4ccccc4)C3)cs2)c1OC. The first-order valence-corrected chi connectivity index (χ1v) is 10.8. The number of hydrogen-bond acceptors (Lipinski definition) is 6. The van der Waals surface area contributed by atoms with E-state index in [0.29, 0.717) is 17.2 Å². The average molecular weight is 424 g/mol. The predicted octanol–water partition coefficient (Wildman–Crippen LogP) is 3.83. The van der Waals surface area contributed by atoms with Crippen LogP contribution in [0.3, 0.4) is 0 Å². The first-order chi connectivity index (χ1) is 14.7. The Morgan fingerprint density at radius 1 is 1.17 bits per heavy atom. The third kappa shape index (κ3) is 4.47. The fourth-order valence-corrected chi connectivity index (χ4v) is 4.57. The highest BCUT2D eigenvalue weighted by Crippen LogP contribution is 2.38. The lowest BCUT2D eigenvalue weighted by molar-refractivity contribution is 0.0933. The summed E-state index contributed by atoms with van der Waals surface area (Å²) in [6.45, 7) is 2.73. The average Bonchev–Trinajstić information content (AvgIpc) is 3.43. The molecule has 0 bridgehead atoms. The van der Waals surface area contributed by atoms with E-state index in [0.717, 1.165) is 36.6 Å². The van der Waals surface area contributed by atoms with Crippen LogP contribution in [0.25, 0.3) is 10.6 Å². The summed E-state index contributed by atoms with van der Waals surface area (Å²) in [6, 6.07) is 16.2. The maximum absolute atomic E-state index is 12.7. The van der Waals surface area contributed by atoms with Gasteiger partial charge in [0.05, 0.1) is 19.8 Å². The fraction of sp³-hybridized carbons (Fsp3) is 0.304. The molecule has 4 rings (SSSR count). The Balaban J connectivity index is 1.39. The second-order valence-corrected chi connectivity index (χ2v) is 8.12. The summed E-state index contributed by atoms with van der Waals surface area (Å²) in [7, 11) is 3.20. The Bertz CT molecular complexity index is 1010. The van der Waals surface area contributed by atoms with E-state index < -0.39 is 0 Å². The Morgan fingerprint density at radius 2 is 2.00 bits per heavy atom.